The van der Waals surface area contributed by atoms with Gasteiger partial charge in [-0.15, -0.1) is 0 Å². The van der Waals surface area contributed by atoms with Crippen LogP contribution in [0, 0.1) is 10.1 Å². The monoisotopic (exact) mass is 301 g/mol. The van der Waals surface area contributed by atoms with Crippen molar-refractivity contribution in [2.45, 2.75) is 19.4 Å². The van der Waals surface area contributed by atoms with Gasteiger partial charge in [0.15, 0.2) is 0 Å². The second kappa shape index (κ2) is 4.80. The van der Waals surface area contributed by atoms with E-state index in [-0.39, 0.29) is 11.6 Å². The van der Waals surface area contributed by atoms with E-state index in [0.29, 0.717) is 10.2 Å². The number of nitro groups is 1. The number of hydrogen-bond acceptors (Lipinski definition) is 4. The third kappa shape index (κ3) is 3.50. The van der Waals surface area contributed by atoms with E-state index in [1.54, 1.807) is 13.8 Å². The molecule has 1 aromatic carbocycles. The number of nitrogens with two attached hydrogens (primary N) is 1. The second-order valence-corrected chi connectivity index (χ2v) is 4.95. The van der Waals surface area contributed by atoms with Crippen LogP contribution in [0.15, 0.2) is 22.7 Å². The van der Waals surface area contributed by atoms with Crippen LogP contribution in [0.2, 0.25) is 0 Å². The maximum absolute atomic E-state index is 11.6. The molecule has 0 radical (unpaired) electrons. The van der Waals surface area contributed by atoms with E-state index in [9.17, 15) is 14.9 Å². The molecule has 7 heteroatoms. The smallest absolute Gasteiger partial charge is 0.283 e. The molecule has 0 aliphatic heterocycles. The zero-order valence-corrected chi connectivity index (χ0v) is 10.9. The largest absolute Gasteiger partial charge is 0.324 e. The highest BCUT2D eigenvalue weighted by Crippen LogP contribution is 2.27. The van der Waals surface area contributed by atoms with Crippen molar-refractivity contribution in [1.29, 1.82) is 0 Å². The van der Waals surface area contributed by atoms with E-state index in [2.05, 4.69) is 21.2 Å². The maximum Gasteiger partial charge on any atom is 0.283 e. The van der Waals surface area contributed by atoms with E-state index in [4.69, 9.17) is 5.73 Å². The molecule has 3 N–H and O–H groups in total. The number of halogens is 1. The van der Waals surface area contributed by atoms with Gasteiger partial charge in [-0.1, -0.05) is 0 Å². The molecule has 92 valence electrons. The third-order valence-corrected chi connectivity index (χ3v) is 2.62. The van der Waals surface area contributed by atoms with E-state index >= 15 is 0 Å². The Labute approximate surface area is 106 Å². The summed E-state index contributed by atoms with van der Waals surface area (Å²) in [5.41, 5.74) is 5.00. The van der Waals surface area contributed by atoms with Crippen LogP contribution < -0.4 is 11.1 Å². The fraction of sp³-hybridized carbons (Fsp3) is 0.300. The molecule has 0 unspecified atom stereocenters. The van der Waals surface area contributed by atoms with E-state index in [1.165, 1.54) is 18.2 Å². The molecular formula is C10H12BrN3O3. The number of carbonyl (C=O) groups is 1. The van der Waals surface area contributed by atoms with Crippen molar-refractivity contribution in [2.24, 2.45) is 5.73 Å². The fourth-order valence-electron chi connectivity index (χ4n) is 1.02. The van der Waals surface area contributed by atoms with Crippen LogP contribution in [0.4, 0.5) is 11.4 Å². The minimum absolute atomic E-state index is 0.0602. The van der Waals surface area contributed by atoms with Gasteiger partial charge in [0.2, 0.25) is 5.91 Å². The number of rotatable bonds is 3. The lowest BCUT2D eigenvalue weighted by molar-refractivity contribution is -0.385. The Morgan fingerprint density at radius 3 is 2.53 bits per heavy atom. The first-order valence-electron chi connectivity index (χ1n) is 4.76. The van der Waals surface area contributed by atoms with Crippen LogP contribution in [0.3, 0.4) is 0 Å². The van der Waals surface area contributed by atoms with Gasteiger partial charge in [0.1, 0.15) is 0 Å². The summed E-state index contributed by atoms with van der Waals surface area (Å²) in [5, 5.41) is 13.2. The summed E-state index contributed by atoms with van der Waals surface area (Å²) >= 11 is 3.06. The van der Waals surface area contributed by atoms with Gasteiger partial charge in [-0.3, -0.25) is 14.9 Å². The lowest BCUT2D eigenvalue weighted by Crippen LogP contribution is -2.45. The zero-order valence-electron chi connectivity index (χ0n) is 9.36. The average Bonchev–Trinajstić information content (AvgIpc) is 2.15. The van der Waals surface area contributed by atoms with Gasteiger partial charge in [0, 0.05) is 11.8 Å². The van der Waals surface area contributed by atoms with Crippen molar-refractivity contribution in [1.82, 2.24) is 0 Å². The van der Waals surface area contributed by atoms with Crippen LogP contribution in [0.5, 0.6) is 0 Å². The summed E-state index contributed by atoms with van der Waals surface area (Å²) in [6.45, 7) is 3.14. The number of amides is 1. The van der Waals surface area contributed by atoms with Crippen molar-refractivity contribution in [2.75, 3.05) is 5.32 Å². The summed E-state index contributed by atoms with van der Waals surface area (Å²) in [6.07, 6.45) is 0. The van der Waals surface area contributed by atoms with Crippen LogP contribution >= 0.6 is 15.9 Å². The van der Waals surface area contributed by atoms with Gasteiger partial charge >= 0.3 is 0 Å². The standard InChI is InChI=1S/C10H12BrN3O3/c1-10(2,12)9(15)13-6-3-4-8(14(16)17)7(11)5-6/h3-5H,12H2,1-2H3,(H,13,15). The summed E-state index contributed by atoms with van der Waals surface area (Å²) in [4.78, 5) is 21.7. The van der Waals surface area contributed by atoms with Gasteiger partial charge in [0.05, 0.1) is 14.9 Å². The number of hydrogen-bond donors (Lipinski definition) is 2. The van der Waals surface area contributed by atoms with Crippen molar-refractivity contribution >= 4 is 33.2 Å². The molecule has 0 saturated carbocycles. The summed E-state index contributed by atoms with van der Waals surface area (Å²) < 4.78 is 0.301. The molecule has 17 heavy (non-hydrogen) atoms. The zero-order chi connectivity index (χ0) is 13.2. The summed E-state index contributed by atoms with van der Waals surface area (Å²) in [5.74, 6) is -0.363. The van der Waals surface area contributed by atoms with Crippen molar-refractivity contribution in [3.05, 3.63) is 32.8 Å². The fourth-order valence-corrected chi connectivity index (χ4v) is 1.55. The van der Waals surface area contributed by atoms with Gasteiger partial charge < -0.3 is 11.1 Å². The van der Waals surface area contributed by atoms with Gasteiger partial charge in [-0.2, -0.15) is 0 Å². The highest BCUT2D eigenvalue weighted by atomic mass is 79.9. The first-order chi connectivity index (χ1) is 7.71. The number of nitro benzene ring substituents is 1. The van der Waals surface area contributed by atoms with Gasteiger partial charge in [-0.05, 0) is 41.9 Å². The van der Waals surface area contributed by atoms with Crippen LogP contribution in [-0.2, 0) is 4.79 Å². The van der Waals surface area contributed by atoms with Crippen LogP contribution in [0.1, 0.15) is 13.8 Å². The molecule has 1 amide bonds. The van der Waals surface area contributed by atoms with E-state index in [0.717, 1.165) is 0 Å². The second-order valence-electron chi connectivity index (χ2n) is 4.10. The summed E-state index contributed by atoms with van der Waals surface area (Å²) in [7, 11) is 0. The molecular weight excluding hydrogens is 290 g/mol. The number of carbonyl (C=O) groups excluding carboxylic acids is 1. The third-order valence-electron chi connectivity index (χ3n) is 1.99. The average molecular weight is 302 g/mol. The Morgan fingerprint density at radius 2 is 2.12 bits per heavy atom. The molecule has 1 rings (SSSR count). The van der Waals surface area contributed by atoms with Crippen LogP contribution in [-0.4, -0.2) is 16.4 Å². The Kier molecular flexibility index (Phi) is 3.84. The number of benzene rings is 1. The minimum Gasteiger partial charge on any atom is -0.324 e. The lowest BCUT2D eigenvalue weighted by atomic mass is 10.1. The lowest BCUT2D eigenvalue weighted by Gasteiger charge is -2.17. The topological polar surface area (TPSA) is 98.3 Å². The molecule has 6 nitrogen and oxygen atoms in total. The SMILES string of the molecule is CC(C)(N)C(=O)Nc1ccc([N+](=O)[O-])c(Br)c1. The maximum atomic E-state index is 11.6. The number of nitrogens with zero attached hydrogens (tertiary/aromatic N) is 1. The molecule has 0 aromatic heterocycles. The molecule has 0 fully saturated rings. The highest BCUT2D eigenvalue weighted by molar-refractivity contribution is 9.10. The summed E-state index contributed by atoms with van der Waals surface area (Å²) in [6, 6.07) is 4.22. The molecule has 0 bridgehead atoms. The van der Waals surface area contributed by atoms with Gasteiger partial charge in [-0.25, -0.2) is 0 Å². The minimum atomic E-state index is -1.01. The Bertz CT molecular complexity index is 468. The van der Waals surface area contributed by atoms with Crippen molar-refractivity contribution in [3.63, 3.8) is 0 Å². The number of anilines is 1. The van der Waals surface area contributed by atoms with Crippen LogP contribution in [0.25, 0.3) is 0 Å². The molecule has 0 aliphatic carbocycles. The predicted molar refractivity (Wildman–Crippen MR) is 67.7 cm³/mol. The molecule has 0 spiro atoms. The van der Waals surface area contributed by atoms with Crippen molar-refractivity contribution in [3.8, 4) is 0 Å². The molecule has 0 aliphatic rings. The quantitative estimate of drug-likeness (QED) is 0.659. The van der Waals surface area contributed by atoms with Gasteiger partial charge in [0.25, 0.3) is 5.69 Å². The first kappa shape index (κ1) is 13.6. The Balaban J connectivity index is 2.92. The predicted octanol–water partition coefficient (Wildman–Crippen LogP) is 2.03. The molecule has 0 heterocycles. The Morgan fingerprint density at radius 1 is 1.53 bits per heavy atom. The number of nitrogens with one attached hydrogen (secondary N) is 1. The molecule has 0 atom stereocenters. The highest BCUT2D eigenvalue weighted by Gasteiger charge is 2.22. The Hall–Kier alpha value is -1.47. The van der Waals surface area contributed by atoms with E-state index in [1.807, 2.05) is 0 Å². The van der Waals surface area contributed by atoms with E-state index < -0.39 is 10.5 Å². The molecule has 0 saturated heterocycles. The first-order valence-corrected chi connectivity index (χ1v) is 5.55. The normalized spacial score (nSPS) is 11.1. The molecule has 1 aromatic rings. The van der Waals surface area contributed by atoms with Crippen molar-refractivity contribution < 1.29 is 9.72 Å².